The SMILES string of the molecule is Cc1nc([C@H]2CCCN2CC(=O)N2CCC[C@@H](C(F)(F)F)C2)no1. The number of alkyl halides is 3. The van der Waals surface area contributed by atoms with Crippen molar-refractivity contribution in [3.8, 4) is 0 Å². The lowest BCUT2D eigenvalue weighted by atomic mass is 9.97. The minimum absolute atomic E-state index is 0.0990. The van der Waals surface area contributed by atoms with Crippen LogP contribution in [0.25, 0.3) is 0 Å². The van der Waals surface area contributed by atoms with Crippen molar-refractivity contribution in [3.05, 3.63) is 11.7 Å². The number of halogens is 3. The zero-order valence-electron chi connectivity index (χ0n) is 13.6. The molecule has 0 radical (unpaired) electrons. The first kappa shape index (κ1) is 17.2. The number of carbonyl (C=O) groups excluding carboxylic acids is 1. The Morgan fingerprint density at radius 3 is 2.71 bits per heavy atom. The van der Waals surface area contributed by atoms with Crippen LogP contribution in [0.15, 0.2) is 4.52 Å². The molecule has 0 bridgehead atoms. The summed E-state index contributed by atoms with van der Waals surface area (Å²) in [5, 5.41) is 3.91. The molecule has 1 amide bonds. The summed E-state index contributed by atoms with van der Waals surface area (Å²) in [7, 11) is 0. The van der Waals surface area contributed by atoms with Gasteiger partial charge in [-0.25, -0.2) is 0 Å². The quantitative estimate of drug-likeness (QED) is 0.840. The molecule has 134 valence electrons. The molecule has 3 rings (SSSR count). The zero-order valence-corrected chi connectivity index (χ0v) is 13.6. The number of aryl methyl sites for hydroxylation is 1. The molecule has 0 saturated carbocycles. The summed E-state index contributed by atoms with van der Waals surface area (Å²) >= 11 is 0. The second-order valence-electron chi connectivity index (χ2n) is 6.52. The Bertz CT molecular complexity index is 590. The molecule has 24 heavy (non-hydrogen) atoms. The molecule has 0 aliphatic carbocycles. The third-order valence-electron chi connectivity index (χ3n) is 4.78. The minimum Gasteiger partial charge on any atom is -0.341 e. The molecule has 3 heterocycles. The third-order valence-corrected chi connectivity index (χ3v) is 4.78. The molecule has 0 N–H and O–H groups in total. The van der Waals surface area contributed by atoms with Crippen LogP contribution in [0.2, 0.25) is 0 Å². The van der Waals surface area contributed by atoms with Crippen LogP contribution in [0.5, 0.6) is 0 Å². The van der Waals surface area contributed by atoms with Gasteiger partial charge in [0.25, 0.3) is 0 Å². The number of amides is 1. The van der Waals surface area contributed by atoms with E-state index in [4.69, 9.17) is 4.52 Å². The van der Waals surface area contributed by atoms with Gasteiger partial charge in [-0.05, 0) is 32.2 Å². The standard InChI is InChI=1S/C15H21F3N4O2/c1-10-19-14(20-24-10)12-5-3-6-21(12)9-13(23)22-7-2-4-11(8-22)15(16,17)18/h11-12H,2-9H2,1H3/t11-,12-/m1/s1. The molecule has 1 aromatic rings. The van der Waals surface area contributed by atoms with E-state index in [0.29, 0.717) is 31.2 Å². The van der Waals surface area contributed by atoms with Crippen LogP contribution in [-0.4, -0.2) is 58.2 Å². The highest BCUT2D eigenvalue weighted by Crippen LogP contribution is 2.34. The van der Waals surface area contributed by atoms with E-state index in [9.17, 15) is 18.0 Å². The van der Waals surface area contributed by atoms with E-state index in [-0.39, 0.29) is 31.5 Å². The summed E-state index contributed by atoms with van der Waals surface area (Å²) in [4.78, 5) is 20.0. The topological polar surface area (TPSA) is 62.5 Å². The van der Waals surface area contributed by atoms with Crippen LogP contribution >= 0.6 is 0 Å². The second-order valence-corrected chi connectivity index (χ2v) is 6.52. The Balaban J connectivity index is 1.61. The number of likely N-dealkylation sites (tertiary alicyclic amines) is 2. The number of piperidine rings is 1. The van der Waals surface area contributed by atoms with Gasteiger partial charge in [0.05, 0.1) is 18.5 Å². The second kappa shape index (κ2) is 6.70. The van der Waals surface area contributed by atoms with Crippen LogP contribution in [0, 0.1) is 12.8 Å². The fraction of sp³-hybridized carbons (Fsp3) is 0.800. The summed E-state index contributed by atoms with van der Waals surface area (Å²) in [6, 6.07) is -0.102. The van der Waals surface area contributed by atoms with E-state index < -0.39 is 12.1 Å². The zero-order chi connectivity index (χ0) is 17.3. The van der Waals surface area contributed by atoms with Crippen LogP contribution in [0.3, 0.4) is 0 Å². The summed E-state index contributed by atoms with van der Waals surface area (Å²) < 4.78 is 43.7. The van der Waals surface area contributed by atoms with Gasteiger partial charge in [-0.2, -0.15) is 18.2 Å². The van der Waals surface area contributed by atoms with Gasteiger partial charge in [0.1, 0.15) is 0 Å². The van der Waals surface area contributed by atoms with Crippen molar-refractivity contribution >= 4 is 5.91 Å². The van der Waals surface area contributed by atoms with Crippen molar-refractivity contribution in [2.75, 3.05) is 26.2 Å². The first-order valence-electron chi connectivity index (χ1n) is 8.23. The molecule has 1 aromatic heterocycles. The highest BCUT2D eigenvalue weighted by molar-refractivity contribution is 5.78. The van der Waals surface area contributed by atoms with Gasteiger partial charge in [0.2, 0.25) is 11.8 Å². The van der Waals surface area contributed by atoms with Gasteiger partial charge in [-0.3, -0.25) is 9.69 Å². The molecule has 9 heteroatoms. The van der Waals surface area contributed by atoms with E-state index in [1.807, 2.05) is 4.90 Å². The molecule has 2 atom stereocenters. The molecule has 0 unspecified atom stereocenters. The maximum absolute atomic E-state index is 12.9. The number of hydrogen-bond acceptors (Lipinski definition) is 5. The van der Waals surface area contributed by atoms with Crippen molar-refractivity contribution in [2.45, 2.75) is 44.8 Å². The lowest BCUT2D eigenvalue weighted by molar-refractivity contribution is -0.188. The highest BCUT2D eigenvalue weighted by atomic mass is 19.4. The predicted octanol–water partition coefficient (Wildman–Crippen LogP) is 2.32. The van der Waals surface area contributed by atoms with E-state index in [1.54, 1.807) is 6.92 Å². The average Bonchev–Trinajstić information content (AvgIpc) is 3.15. The van der Waals surface area contributed by atoms with Gasteiger partial charge in [-0.1, -0.05) is 5.16 Å². The van der Waals surface area contributed by atoms with Crippen LogP contribution in [0.4, 0.5) is 13.2 Å². The Morgan fingerprint density at radius 1 is 1.29 bits per heavy atom. The summed E-state index contributed by atoms with van der Waals surface area (Å²) in [6.45, 7) is 2.67. The Kier molecular flexibility index (Phi) is 4.80. The molecule has 2 saturated heterocycles. The Morgan fingerprint density at radius 2 is 2.04 bits per heavy atom. The molecular formula is C15H21F3N4O2. The fourth-order valence-electron chi connectivity index (χ4n) is 3.50. The lowest BCUT2D eigenvalue weighted by Crippen LogP contribution is -2.48. The molecule has 2 fully saturated rings. The van der Waals surface area contributed by atoms with Crippen molar-refractivity contribution < 1.29 is 22.5 Å². The lowest BCUT2D eigenvalue weighted by Gasteiger charge is -2.35. The molecule has 2 aliphatic heterocycles. The average molecular weight is 346 g/mol. The maximum Gasteiger partial charge on any atom is 0.393 e. The molecule has 0 spiro atoms. The third kappa shape index (κ3) is 3.71. The van der Waals surface area contributed by atoms with Crippen molar-refractivity contribution in [1.82, 2.24) is 19.9 Å². The van der Waals surface area contributed by atoms with E-state index in [2.05, 4.69) is 10.1 Å². The van der Waals surface area contributed by atoms with Crippen molar-refractivity contribution in [3.63, 3.8) is 0 Å². The number of rotatable bonds is 3. The number of aromatic nitrogens is 2. The molecular weight excluding hydrogens is 325 g/mol. The molecule has 0 aromatic carbocycles. The first-order valence-corrected chi connectivity index (χ1v) is 8.23. The summed E-state index contributed by atoms with van der Waals surface area (Å²) in [5.41, 5.74) is 0. The maximum atomic E-state index is 12.9. The predicted molar refractivity (Wildman–Crippen MR) is 77.9 cm³/mol. The van der Waals surface area contributed by atoms with Gasteiger partial charge in [0, 0.05) is 20.0 Å². The Labute approximate surface area is 138 Å². The van der Waals surface area contributed by atoms with Gasteiger partial charge in [-0.15, -0.1) is 0 Å². The summed E-state index contributed by atoms with van der Waals surface area (Å²) in [5.74, 6) is -0.655. The number of nitrogens with zero attached hydrogens (tertiary/aromatic N) is 4. The largest absolute Gasteiger partial charge is 0.393 e. The van der Waals surface area contributed by atoms with Gasteiger partial charge < -0.3 is 9.42 Å². The van der Waals surface area contributed by atoms with Crippen LogP contribution in [-0.2, 0) is 4.79 Å². The molecule has 6 nitrogen and oxygen atoms in total. The van der Waals surface area contributed by atoms with E-state index in [1.165, 1.54) is 4.90 Å². The van der Waals surface area contributed by atoms with E-state index >= 15 is 0 Å². The summed E-state index contributed by atoms with van der Waals surface area (Å²) in [6.07, 6.45) is -2.03. The smallest absolute Gasteiger partial charge is 0.341 e. The number of carbonyl (C=O) groups is 1. The van der Waals surface area contributed by atoms with Crippen molar-refractivity contribution in [2.24, 2.45) is 5.92 Å². The first-order chi connectivity index (χ1) is 11.3. The molecule has 2 aliphatic rings. The number of hydrogen-bond donors (Lipinski definition) is 0. The van der Waals surface area contributed by atoms with Crippen molar-refractivity contribution in [1.29, 1.82) is 0 Å². The van der Waals surface area contributed by atoms with Gasteiger partial charge >= 0.3 is 6.18 Å². The fourth-order valence-corrected chi connectivity index (χ4v) is 3.50. The Hall–Kier alpha value is -1.64. The normalized spacial score (nSPS) is 26.1. The van der Waals surface area contributed by atoms with Gasteiger partial charge in [0.15, 0.2) is 5.82 Å². The minimum atomic E-state index is -4.24. The van der Waals surface area contributed by atoms with Crippen LogP contribution < -0.4 is 0 Å². The van der Waals surface area contributed by atoms with E-state index in [0.717, 1.165) is 12.8 Å². The highest BCUT2D eigenvalue weighted by Gasteiger charge is 2.43. The monoisotopic (exact) mass is 346 g/mol. The van der Waals surface area contributed by atoms with Crippen LogP contribution in [0.1, 0.15) is 43.4 Å².